The lowest BCUT2D eigenvalue weighted by atomic mass is 9.93. The highest BCUT2D eigenvalue weighted by atomic mass is 35.5. The molecule has 6 heteroatoms. The largest absolute Gasteiger partial charge is 0.362 e. The third-order valence-corrected chi connectivity index (χ3v) is 5.76. The fraction of sp³-hybridized carbons (Fsp3) is 0.154. The molecule has 0 amide bonds. The average molecular weight is 464 g/mol. The van der Waals surface area contributed by atoms with Crippen LogP contribution in [-0.2, 0) is 18.4 Å². The van der Waals surface area contributed by atoms with Crippen molar-refractivity contribution in [3.05, 3.63) is 112 Å². The van der Waals surface area contributed by atoms with Gasteiger partial charge in [-0.2, -0.15) is 5.26 Å². The topological polar surface area (TPSA) is 50.8 Å². The summed E-state index contributed by atoms with van der Waals surface area (Å²) >= 11 is 6.34. The maximum atomic E-state index is 9.70. The molecule has 32 heavy (non-hydrogen) atoms. The Morgan fingerprint density at radius 1 is 1.06 bits per heavy atom. The highest BCUT2D eigenvalue weighted by Gasteiger charge is 2.21. The number of hydrogen-bond donors (Lipinski definition) is 0. The lowest BCUT2D eigenvalue weighted by Crippen LogP contribution is -2.11. The van der Waals surface area contributed by atoms with Crippen LogP contribution in [0.15, 0.2) is 79.3 Å². The molecule has 3 aromatic carbocycles. The van der Waals surface area contributed by atoms with E-state index in [-0.39, 0.29) is 18.5 Å². The lowest BCUT2D eigenvalue weighted by molar-refractivity contribution is 0.0623. The van der Waals surface area contributed by atoms with Crippen molar-refractivity contribution in [2.24, 2.45) is 7.05 Å². The standard InChI is InChI=1S/C26H22ClN3O.ClH/c1-18-7-3-5-9-22(18)23-13-19(11-12-20(23)14-28)26(25-15-29-17-30(25)2)31-16-21-8-4-6-10-24(21)27;/h3-13,15,17,26H,16H2,1-2H3;1H. The summed E-state index contributed by atoms with van der Waals surface area (Å²) in [5.41, 5.74) is 6.48. The second kappa shape index (κ2) is 10.5. The molecule has 0 radical (unpaired) electrons. The van der Waals surface area contributed by atoms with E-state index in [1.54, 1.807) is 6.33 Å². The zero-order valence-corrected chi connectivity index (χ0v) is 19.4. The van der Waals surface area contributed by atoms with Crippen molar-refractivity contribution in [1.82, 2.24) is 9.55 Å². The van der Waals surface area contributed by atoms with Gasteiger partial charge in [0.15, 0.2) is 0 Å². The summed E-state index contributed by atoms with van der Waals surface area (Å²) in [7, 11) is 1.94. The van der Waals surface area contributed by atoms with Crippen molar-refractivity contribution in [3.63, 3.8) is 0 Å². The molecule has 4 nitrogen and oxygen atoms in total. The van der Waals surface area contributed by atoms with Crippen LogP contribution < -0.4 is 0 Å². The molecule has 1 aromatic heterocycles. The van der Waals surface area contributed by atoms with E-state index in [0.29, 0.717) is 17.2 Å². The molecule has 0 aliphatic rings. The zero-order chi connectivity index (χ0) is 21.8. The van der Waals surface area contributed by atoms with Crippen LogP contribution in [0.5, 0.6) is 0 Å². The van der Waals surface area contributed by atoms with Gasteiger partial charge in [-0.3, -0.25) is 0 Å². The minimum Gasteiger partial charge on any atom is -0.362 e. The fourth-order valence-electron chi connectivity index (χ4n) is 3.68. The summed E-state index contributed by atoms with van der Waals surface area (Å²) in [6, 6.07) is 23.9. The molecule has 0 saturated heterocycles. The van der Waals surface area contributed by atoms with Gasteiger partial charge >= 0.3 is 0 Å². The van der Waals surface area contributed by atoms with Crippen molar-refractivity contribution in [2.45, 2.75) is 19.6 Å². The highest BCUT2D eigenvalue weighted by Crippen LogP contribution is 2.34. The van der Waals surface area contributed by atoms with Gasteiger partial charge in [0.1, 0.15) is 6.10 Å². The van der Waals surface area contributed by atoms with Gasteiger partial charge in [-0.25, -0.2) is 4.98 Å². The van der Waals surface area contributed by atoms with Crippen LogP contribution >= 0.6 is 24.0 Å². The molecule has 1 heterocycles. The molecule has 4 rings (SSSR count). The van der Waals surface area contributed by atoms with Gasteiger partial charge < -0.3 is 9.30 Å². The average Bonchev–Trinajstić information content (AvgIpc) is 3.21. The normalized spacial score (nSPS) is 11.4. The number of nitriles is 1. The van der Waals surface area contributed by atoms with E-state index in [1.807, 2.05) is 78.5 Å². The Kier molecular flexibility index (Phi) is 7.71. The predicted octanol–water partition coefficient (Wildman–Crippen LogP) is 6.65. The van der Waals surface area contributed by atoms with Gasteiger partial charge in [0.05, 0.1) is 36.5 Å². The first-order valence-electron chi connectivity index (χ1n) is 9.99. The number of hydrogen-bond acceptors (Lipinski definition) is 3. The number of aromatic nitrogens is 2. The monoisotopic (exact) mass is 463 g/mol. The molecule has 1 atom stereocenters. The van der Waals surface area contributed by atoms with Gasteiger partial charge in [0.2, 0.25) is 0 Å². The second-order valence-corrected chi connectivity index (χ2v) is 7.85. The summed E-state index contributed by atoms with van der Waals surface area (Å²) < 4.78 is 8.33. The number of nitrogens with zero attached hydrogens (tertiary/aromatic N) is 3. The SMILES string of the molecule is Cc1ccccc1-c1cc(C(OCc2ccccc2Cl)c2cncn2C)ccc1C#N.Cl. The molecule has 4 aromatic rings. The Bertz CT molecular complexity index is 1260. The lowest BCUT2D eigenvalue weighted by Gasteiger charge is -2.21. The third kappa shape index (κ3) is 4.87. The van der Waals surface area contributed by atoms with Crippen LogP contribution in [-0.4, -0.2) is 9.55 Å². The number of benzene rings is 3. The van der Waals surface area contributed by atoms with Crippen LogP contribution in [0.1, 0.15) is 34.1 Å². The van der Waals surface area contributed by atoms with Crippen molar-refractivity contribution in [3.8, 4) is 17.2 Å². The van der Waals surface area contributed by atoms with Gasteiger partial charge in [-0.1, -0.05) is 60.1 Å². The van der Waals surface area contributed by atoms with E-state index in [9.17, 15) is 5.26 Å². The quantitative estimate of drug-likeness (QED) is 0.321. The fourth-order valence-corrected chi connectivity index (χ4v) is 3.87. The molecular formula is C26H23Cl2N3O. The number of imidazole rings is 1. The van der Waals surface area contributed by atoms with E-state index >= 15 is 0 Å². The highest BCUT2D eigenvalue weighted by molar-refractivity contribution is 6.31. The summed E-state index contributed by atoms with van der Waals surface area (Å²) in [5, 5.41) is 10.4. The van der Waals surface area contributed by atoms with Gasteiger partial charge in [0, 0.05) is 17.6 Å². The molecule has 0 saturated carbocycles. The van der Waals surface area contributed by atoms with E-state index in [2.05, 4.69) is 24.0 Å². The van der Waals surface area contributed by atoms with Crippen molar-refractivity contribution < 1.29 is 4.74 Å². The second-order valence-electron chi connectivity index (χ2n) is 7.44. The summed E-state index contributed by atoms with van der Waals surface area (Å²) in [5.74, 6) is 0. The zero-order valence-electron chi connectivity index (χ0n) is 17.8. The minimum absolute atomic E-state index is 0. The first-order valence-corrected chi connectivity index (χ1v) is 10.4. The summed E-state index contributed by atoms with van der Waals surface area (Å²) in [6.07, 6.45) is 3.20. The molecule has 0 N–H and O–H groups in total. The smallest absolute Gasteiger partial charge is 0.124 e. The van der Waals surface area contributed by atoms with Crippen molar-refractivity contribution in [2.75, 3.05) is 0 Å². The maximum Gasteiger partial charge on any atom is 0.124 e. The number of rotatable bonds is 6. The minimum atomic E-state index is -0.362. The molecule has 0 bridgehead atoms. The number of ether oxygens (including phenoxy) is 1. The van der Waals surface area contributed by atoms with Gasteiger partial charge in [0.25, 0.3) is 0 Å². The third-order valence-electron chi connectivity index (χ3n) is 5.39. The Morgan fingerprint density at radius 3 is 2.50 bits per heavy atom. The van der Waals surface area contributed by atoms with Gasteiger partial charge in [-0.05, 0) is 47.4 Å². The molecule has 1 unspecified atom stereocenters. The molecule has 0 spiro atoms. The van der Waals surface area contributed by atoms with E-state index in [0.717, 1.165) is 33.5 Å². The van der Waals surface area contributed by atoms with E-state index in [1.165, 1.54) is 0 Å². The van der Waals surface area contributed by atoms with Gasteiger partial charge in [-0.15, -0.1) is 12.4 Å². The Hall–Kier alpha value is -3.10. The van der Waals surface area contributed by atoms with E-state index < -0.39 is 0 Å². The number of aryl methyl sites for hydroxylation is 2. The molecule has 0 aliphatic carbocycles. The summed E-state index contributed by atoms with van der Waals surface area (Å²) in [6.45, 7) is 2.41. The van der Waals surface area contributed by atoms with Crippen LogP contribution in [0.3, 0.4) is 0 Å². The molecule has 162 valence electrons. The van der Waals surface area contributed by atoms with Crippen molar-refractivity contribution >= 4 is 24.0 Å². The predicted molar refractivity (Wildman–Crippen MR) is 130 cm³/mol. The summed E-state index contributed by atoms with van der Waals surface area (Å²) in [4.78, 5) is 4.27. The van der Waals surface area contributed by atoms with Crippen LogP contribution in [0.4, 0.5) is 0 Å². The van der Waals surface area contributed by atoms with Crippen LogP contribution in [0, 0.1) is 18.3 Å². The van der Waals surface area contributed by atoms with Crippen molar-refractivity contribution in [1.29, 1.82) is 5.26 Å². The first-order chi connectivity index (χ1) is 15.1. The number of halogens is 2. The molecule has 0 fully saturated rings. The first kappa shape index (κ1) is 23.6. The molecule has 0 aliphatic heterocycles. The molecular weight excluding hydrogens is 441 g/mol. The Labute approximate surface area is 199 Å². The Balaban J connectivity index is 0.00000289. The van der Waals surface area contributed by atoms with Crippen LogP contribution in [0.25, 0.3) is 11.1 Å². The van der Waals surface area contributed by atoms with E-state index in [4.69, 9.17) is 16.3 Å². The van der Waals surface area contributed by atoms with Crippen LogP contribution in [0.2, 0.25) is 5.02 Å². The Morgan fingerprint density at radius 2 is 1.81 bits per heavy atom. The maximum absolute atomic E-state index is 9.70.